The van der Waals surface area contributed by atoms with Crippen LogP contribution >= 0.6 is 0 Å². The molecule has 0 aliphatic heterocycles. The lowest BCUT2D eigenvalue weighted by Gasteiger charge is -2.32. The molecule has 0 heterocycles. The van der Waals surface area contributed by atoms with Gasteiger partial charge in [-0.1, -0.05) is 55.8 Å². The summed E-state index contributed by atoms with van der Waals surface area (Å²) < 4.78 is 26.6. The van der Waals surface area contributed by atoms with Crippen LogP contribution in [0.4, 0.5) is 5.69 Å². The fourth-order valence-electron chi connectivity index (χ4n) is 4.22. The Morgan fingerprint density at radius 1 is 0.946 bits per heavy atom. The molecule has 2 amide bonds. The van der Waals surface area contributed by atoms with Crippen LogP contribution in [0.1, 0.15) is 68.7 Å². The van der Waals surface area contributed by atoms with E-state index >= 15 is 0 Å². The first-order valence-corrected chi connectivity index (χ1v) is 14.9. The van der Waals surface area contributed by atoms with Crippen molar-refractivity contribution in [2.24, 2.45) is 0 Å². The number of hydrogen-bond donors (Lipinski definition) is 1. The van der Waals surface area contributed by atoms with Crippen LogP contribution < -0.4 is 9.62 Å². The minimum absolute atomic E-state index is 0.0127. The monoisotopic (exact) mass is 529 g/mol. The molecule has 0 unspecified atom stereocenters. The van der Waals surface area contributed by atoms with Crippen LogP contribution in [0.2, 0.25) is 0 Å². The van der Waals surface area contributed by atoms with Gasteiger partial charge in [-0.3, -0.25) is 13.9 Å². The number of rotatable bonds is 13. The highest BCUT2D eigenvalue weighted by molar-refractivity contribution is 7.92. The van der Waals surface area contributed by atoms with Crippen molar-refractivity contribution >= 4 is 27.5 Å². The third kappa shape index (κ3) is 8.88. The van der Waals surface area contributed by atoms with E-state index < -0.39 is 16.1 Å². The van der Waals surface area contributed by atoms with Gasteiger partial charge in [0, 0.05) is 25.6 Å². The van der Waals surface area contributed by atoms with Crippen LogP contribution in [0.5, 0.6) is 0 Å². The van der Waals surface area contributed by atoms with E-state index in [9.17, 15) is 18.0 Å². The van der Waals surface area contributed by atoms with Crippen molar-refractivity contribution in [3.05, 3.63) is 64.7 Å². The Kier molecular flexibility index (Phi) is 11.2. The maximum atomic E-state index is 13.5. The average molecular weight is 530 g/mol. The van der Waals surface area contributed by atoms with Gasteiger partial charge in [0.1, 0.15) is 6.04 Å². The van der Waals surface area contributed by atoms with Gasteiger partial charge in [-0.2, -0.15) is 0 Å². The lowest BCUT2D eigenvalue weighted by Crippen LogP contribution is -2.50. The highest BCUT2D eigenvalue weighted by atomic mass is 32.2. The smallest absolute Gasteiger partial charge is 0.243 e. The molecule has 37 heavy (non-hydrogen) atoms. The summed E-state index contributed by atoms with van der Waals surface area (Å²) in [6.07, 6.45) is 2.95. The number of carbonyl (C=O) groups excluding carboxylic acids is 2. The van der Waals surface area contributed by atoms with Gasteiger partial charge in [-0.25, -0.2) is 8.42 Å². The van der Waals surface area contributed by atoms with E-state index in [4.69, 9.17) is 0 Å². The molecule has 0 aromatic heterocycles. The van der Waals surface area contributed by atoms with Gasteiger partial charge in [0.2, 0.25) is 21.8 Å². The Balaban J connectivity index is 2.25. The average Bonchev–Trinajstić information content (AvgIpc) is 2.83. The first kappa shape index (κ1) is 30.4. The Hall–Kier alpha value is -2.87. The van der Waals surface area contributed by atoms with Gasteiger partial charge in [0.05, 0.1) is 11.9 Å². The number of carbonyl (C=O) groups is 2. The molecule has 204 valence electrons. The molecule has 8 heteroatoms. The second-order valence-electron chi connectivity index (χ2n) is 9.98. The third-order valence-electron chi connectivity index (χ3n) is 6.65. The van der Waals surface area contributed by atoms with E-state index in [1.54, 1.807) is 4.90 Å². The SMILES string of the molecule is CC[C@@H](C)NC(=O)[C@H](CC)N(Cc1ccc(C)cc1)C(=O)CCCN(c1cc(C)ccc1C)S(C)(=O)=O. The molecule has 0 fully saturated rings. The molecule has 0 bridgehead atoms. The fourth-order valence-corrected chi connectivity index (χ4v) is 5.24. The van der Waals surface area contributed by atoms with E-state index in [-0.39, 0.29) is 30.8 Å². The molecule has 0 saturated carbocycles. The lowest BCUT2D eigenvalue weighted by atomic mass is 10.1. The maximum absolute atomic E-state index is 13.5. The van der Waals surface area contributed by atoms with Gasteiger partial charge in [-0.15, -0.1) is 0 Å². The minimum atomic E-state index is -3.53. The topological polar surface area (TPSA) is 86.8 Å². The Morgan fingerprint density at radius 3 is 2.14 bits per heavy atom. The summed E-state index contributed by atoms with van der Waals surface area (Å²) >= 11 is 0. The molecule has 2 aromatic rings. The molecule has 2 atom stereocenters. The molecule has 0 saturated heterocycles. The first-order chi connectivity index (χ1) is 17.4. The Labute approximate surface area is 223 Å². The number of amides is 2. The number of hydrogen-bond acceptors (Lipinski definition) is 4. The van der Waals surface area contributed by atoms with Gasteiger partial charge in [0.25, 0.3) is 0 Å². The van der Waals surface area contributed by atoms with Gasteiger partial charge < -0.3 is 10.2 Å². The van der Waals surface area contributed by atoms with Crippen LogP contribution in [0.15, 0.2) is 42.5 Å². The summed E-state index contributed by atoms with van der Waals surface area (Å²) in [5.74, 6) is -0.327. The number of nitrogens with one attached hydrogen (secondary N) is 1. The molecule has 2 rings (SSSR count). The third-order valence-corrected chi connectivity index (χ3v) is 7.83. The van der Waals surface area contributed by atoms with Crippen LogP contribution in [-0.2, 0) is 26.2 Å². The molecule has 1 N–H and O–H groups in total. The van der Waals surface area contributed by atoms with Gasteiger partial charge >= 0.3 is 0 Å². The van der Waals surface area contributed by atoms with Crippen molar-refractivity contribution in [2.45, 2.75) is 85.9 Å². The molecule has 0 radical (unpaired) electrons. The second kappa shape index (κ2) is 13.6. The lowest BCUT2D eigenvalue weighted by molar-refractivity contribution is -0.141. The predicted octanol–water partition coefficient (Wildman–Crippen LogP) is 4.88. The minimum Gasteiger partial charge on any atom is -0.352 e. The van der Waals surface area contributed by atoms with Crippen LogP contribution in [0.3, 0.4) is 0 Å². The maximum Gasteiger partial charge on any atom is 0.243 e. The van der Waals surface area contributed by atoms with E-state index in [2.05, 4.69) is 5.32 Å². The quantitative estimate of drug-likeness (QED) is 0.401. The van der Waals surface area contributed by atoms with Crippen molar-refractivity contribution in [2.75, 3.05) is 17.1 Å². The summed E-state index contributed by atoms with van der Waals surface area (Å²) in [6.45, 7) is 12.2. The zero-order valence-electron chi connectivity index (χ0n) is 23.4. The number of nitrogens with zero attached hydrogens (tertiary/aromatic N) is 2. The van der Waals surface area contributed by atoms with E-state index in [0.717, 1.165) is 28.7 Å². The summed E-state index contributed by atoms with van der Waals surface area (Å²) in [5.41, 5.74) is 4.52. The number of anilines is 1. The predicted molar refractivity (Wildman–Crippen MR) is 151 cm³/mol. The molecular weight excluding hydrogens is 486 g/mol. The van der Waals surface area contributed by atoms with Crippen molar-refractivity contribution in [3.63, 3.8) is 0 Å². The van der Waals surface area contributed by atoms with E-state index in [1.807, 2.05) is 84.0 Å². The van der Waals surface area contributed by atoms with Crippen molar-refractivity contribution < 1.29 is 18.0 Å². The van der Waals surface area contributed by atoms with Crippen molar-refractivity contribution in [1.29, 1.82) is 0 Å². The first-order valence-electron chi connectivity index (χ1n) is 13.1. The summed E-state index contributed by atoms with van der Waals surface area (Å²) in [6, 6.07) is 13.0. The highest BCUT2D eigenvalue weighted by Gasteiger charge is 2.29. The second-order valence-corrected chi connectivity index (χ2v) is 11.9. The summed E-state index contributed by atoms with van der Waals surface area (Å²) in [4.78, 5) is 28.3. The zero-order chi connectivity index (χ0) is 27.8. The van der Waals surface area contributed by atoms with Crippen LogP contribution in [0.25, 0.3) is 0 Å². The van der Waals surface area contributed by atoms with E-state index in [0.29, 0.717) is 25.1 Å². The molecule has 0 aliphatic carbocycles. The van der Waals surface area contributed by atoms with Crippen molar-refractivity contribution in [3.8, 4) is 0 Å². The zero-order valence-corrected chi connectivity index (χ0v) is 24.2. The highest BCUT2D eigenvalue weighted by Crippen LogP contribution is 2.25. The molecule has 0 aliphatic rings. The number of aryl methyl sites for hydroxylation is 3. The molecule has 7 nitrogen and oxygen atoms in total. The van der Waals surface area contributed by atoms with Crippen LogP contribution in [0, 0.1) is 20.8 Å². The van der Waals surface area contributed by atoms with Gasteiger partial charge in [-0.05, 0) is 69.7 Å². The molecular formula is C29H43N3O4S. The Morgan fingerprint density at radius 2 is 1.57 bits per heavy atom. The van der Waals surface area contributed by atoms with E-state index in [1.165, 1.54) is 10.6 Å². The number of benzene rings is 2. The summed E-state index contributed by atoms with van der Waals surface area (Å²) in [5, 5.41) is 3.02. The van der Waals surface area contributed by atoms with Gasteiger partial charge in [0.15, 0.2) is 0 Å². The normalized spacial score (nSPS) is 13.1. The summed E-state index contributed by atoms with van der Waals surface area (Å²) in [7, 11) is -3.53. The molecule has 2 aromatic carbocycles. The number of sulfonamides is 1. The van der Waals surface area contributed by atoms with Crippen molar-refractivity contribution in [1.82, 2.24) is 10.2 Å². The standard InChI is InChI=1S/C29H43N3O4S/c1-8-24(6)30-29(34)26(9-2)31(20-25-16-13-21(3)14-17-25)28(33)11-10-18-32(37(7,35)36)27-19-22(4)12-15-23(27)5/h12-17,19,24,26H,8-11,18,20H2,1-7H3,(H,30,34)/t24-,26+/m1/s1. The van der Waals surface area contributed by atoms with Crippen LogP contribution in [-0.4, -0.2) is 50.0 Å². The Bertz CT molecular complexity index is 1160. The fraction of sp³-hybridized carbons (Fsp3) is 0.517. The largest absolute Gasteiger partial charge is 0.352 e. The molecule has 0 spiro atoms.